The molecule has 2 heterocycles. The Hall–Kier alpha value is -0.960. The fourth-order valence-electron chi connectivity index (χ4n) is 2.92. The van der Waals surface area contributed by atoms with Crippen LogP contribution in [0.25, 0.3) is 0 Å². The predicted molar refractivity (Wildman–Crippen MR) is 79.6 cm³/mol. The van der Waals surface area contributed by atoms with Crippen LogP contribution in [0.4, 0.5) is 0 Å². The number of nitrogens with zero attached hydrogens (tertiary/aromatic N) is 3. The summed E-state index contributed by atoms with van der Waals surface area (Å²) in [7, 11) is -1.59. The lowest BCUT2D eigenvalue weighted by atomic mass is 10.1. The first-order valence-corrected chi connectivity index (χ1v) is 8.69. The van der Waals surface area contributed by atoms with Crippen molar-refractivity contribution in [2.45, 2.75) is 44.2 Å². The molecule has 0 bridgehead atoms. The largest absolute Gasteiger partial charge is 0.394 e. The lowest BCUT2D eigenvalue weighted by Gasteiger charge is -2.30. The highest BCUT2D eigenvalue weighted by Gasteiger charge is 2.28. The fraction of sp³-hybridized carbons (Fsp3) is 0.769. The average Bonchev–Trinajstić information content (AvgIpc) is 2.64. The highest BCUT2D eigenvalue weighted by atomic mass is 32.2. The van der Waals surface area contributed by atoms with Crippen molar-refractivity contribution < 1.29 is 13.5 Å². The van der Waals surface area contributed by atoms with Crippen molar-refractivity contribution in [2.24, 2.45) is 0 Å². The van der Waals surface area contributed by atoms with E-state index in [4.69, 9.17) is 5.11 Å². The van der Waals surface area contributed by atoms with Crippen LogP contribution in [0.3, 0.4) is 0 Å². The van der Waals surface area contributed by atoms with Crippen LogP contribution in [0.5, 0.6) is 0 Å². The second-order valence-electron chi connectivity index (χ2n) is 5.67. The molecule has 21 heavy (non-hydrogen) atoms. The number of nitrogens with one attached hydrogen (secondary N) is 1. The third-order valence-corrected chi connectivity index (χ3v) is 5.61. The van der Waals surface area contributed by atoms with Crippen LogP contribution in [0.2, 0.25) is 0 Å². The molecule has 1 aromatic heterocycles. The van der Waals surface area contributed by atoms with Crippen molar-refractivity contribution in [3.63, 3.8) is 0 Å². The number of hydrogen-bond acceptors (Lipinski definition) is 5. The minimum absolute atomic E-state index is 0.0614. The van der Waals surface area contributed by atoms with Crippen molar-refractivity contribution in [3.05, 3.63) is 11.4 Å². The Morgan fingerprint density at radius 3 is 2.76 bits per heavy atom. The van der Waals surface area contributed by atoms with E-state index in [0.717, 1.165) is 25.9 Å². The van der Waals surface area contributed by atoms with Crippen LogP contribution in [-0.4, -0.2) is 61.0 Å². The molecule has 2 N–H and O–H groups in total. The maximum absolute atomic E-state index is 12.6. The standard InChI is InChI=1S/C13H24N4O3S/c1-10-13(11(2)17(14-10)7-8-18)21(19,20)15-12-5-4-6-16(3)9-12/h12,15,18H,4-9H2,1-3H3. The molecule has 0 amide bonds. The van der Waals surface area contributed by atoms with Crippen LogP contribution in [0.1, 0.15) is 24.2 Å². The monoisotopic (exact) mass is 316 g/mol. The molecule has 1 unspecified atom stereocenters. The molecule has 2 rings (SSSR count). The normalized spacial score (nSPS) is 20.9. The molecule has 0 aromatic carbocycles. The second-order valence-corrected chi connectivity index (χ2v) is 7.32. The lowest BCUT2D eigenvalue weighted by Crippen LogP contribution is -2.46. The molecule has 0 radical (unpaired) electrons. The first-order valence-electron chi connectivity index (χ1n) is 7.21. The van der Waals surface area contributed by atoms with Crippen LogP contribution < -0.4 is 4.72 Å². The van der Waals surface area contributed by atoms with Crippen LogP contribution >= 0.6 is 0 Å². The molecular weight excluding hydrogens is 292 g/mol. The van der Waals surface area contributed by atoms with E-state index in [-0.39, 0.29) is 17.5 Å². The number of rotatable bonds is 5. The number of likely N-dealkylation sites (tertiary alicyclic amines) is 1. The number of likely N-dealkylation sites (N-methyl/N-ethyl adjacent to an activating group) is 1. The Morgan fingerprint density at radius 2 is 2.14 bits per heavy atom. The summed E-state index contributed by atoms with van der Waals surface area (Å²) in [5.41, 5.74) is 1.04. The van der Waals surface area contributed by atoms with Gasteiger partial charge < -0.3 is 10.0 Å². The van der Waals surface area contributed by atoms with E-state index in [9.17, 15) is 8.42 Å². The van der Waals surface area contributed by atoms with Gasteiger partial charge in [-0.15, -0.1) is 0 Å². The minimum atomic E-state index is -3.58. The van der Waals surface area contributed by atoms with Crippen molar-refractivity contribution >= 4 is 10.0 Å². The Kier molecular flexibility index (Phi) is 5.03. The van der Waals surface area contributed by atoms with E-state index in [1.54, 1.807) is 13.8 Å². The van der Waals surface area contributed by atoms with Crippen molar-refractivity contribution in [3.8, 4) is 0 Å². The van der Waals surface area contributed by atoms with Gasteiger partial charge in [-0.3, -0.25) is 4.68 Å². The number of aromatic nitrogens is 2. The number of hydrogen-bond donors (Lipinski definition) is 2. The van der Waals surface area contributed by atoms with Crippen LogP contribution in [0.15, 0.2) is 4.90 Å². The highest BCUT2D eigenvalue weighted by Crippen LogP contribution is 2.20. The molecular formula is C13H24N4O3S. The third-order valence-electron chi connectivity index (χ3n) is 3.84. The van der Waals surface area contributed by atoms with Crippen LogP contribution in [-0.2, 0) is 16.6 Å². The van der Waals surface area contributed by atoms with E-state index in [1.165, 1.54) is 4.68 Å². The predicted octanol–water partition coefficient (Wildman–Crippen LogP) is -0.135. The molecule has 8 heteroatoms. The molecule has 7 nitrogen and oxygen atoms in total. The molecule has 1 saturated heterocycles. The summed E-state index contributed by atoms with van der Waals surface area (Å²) in [4.78, 5) is 2.37. The second kappa shape index (κ2) is 6.43. The van der Waals surface area contributed by atoms with Crippen molar-refractivity contribution in [2.75, 3.05) is 26.7 Å². The average molecular weight is 316 g/mol. The molecule has 1 aliphatic rings. The van der Waals surface area contributed by atoms with Crippen molar-refractivity contribution in [1.82, 2.24) is 19.4 Å². The molecule has 1 atom stereocenters. The minimum Gasteiger partial charge on any atom is -0.394 e. The zero-order valence-electron chi connectivity index (χ0n) is 12.8. The lowest BCUT2D eigenvalue weighted by molar-refractivity contribution is 0.242. The summed E-state index contributed by atoms with van der Waals surface area (Å²) >= 11 is 0. The van der Waals surface area contributed by atoms with Gasteiger partial charge in [0, 0.05) is 12.6 Å². The van der Waals surface area contributed by atoms with Gasteiger partial charge in [0.25, 0.3) is 0 Å². The molecule has 0 saturated carbocycles. The van der Waals surface area contributed by atoms with Gasteiger partial charge in [0.05, 0.1) is 24.5 Å². The topological polar surface area (TPSA) is 87.5 Å². The first-order chi connectivity index (χ1) is 9.85. The zero-order chi connectivity index (χ0) is 15.6. The van der Waals surface area contributed by atoms with E-state index < -0.39 is 10.0 Å². The quantitative estimate of drug-likeness (QED) is 0.790. The molecule has 1 aromatic rings. The maximum Gasteiger partial charge on any atom is 0.244 e. The number of aliphatic hydroxyl groups excluding tert-OH is 1. The Morgan fingerprint density at radius 1 is 1.43 bits per heavy atom. The molecule has 1 fully saturated rings. The number of sulfonamides is 1. The molecule has 0 spiro atoms. The smallest absolute Gasteiger partial charge is 0.244 e. The van der Waals surface area contributed by atoms with Gasteiger partial charge in [0.1, 0.15) is 4.90 Å². The summed E-state index contributed by atoms with van der Waals surface area (Å²) in [6.45, 7) is 5.36. The van der Waals surface area contributed by atoms with E-state index >= 15 is 0 Å². The SMILES string of the molecule is Cc1nn(CCO)c(C)c1S(=O)(=O)NC1CCCN(C)C1. The molecule has 120 valence electrons. The third kappa shape index (κ3) is 3.63. The first kappa shape index (κ1) is 16.4. The van der Waals surface area contributed by atoms with Crippen molar-refractivity contribution in [1.29, 1.82) is 0 Å². The number of aryl methyl sites for hydroxylation is 1. The van der Waals surface area contributed by atoms with E-state index in [2.05, 4.69) is 14.7 Å². The molecule has 0 aliphatic carbocycles. The number of piperidine rings is 1. The summed E-state index contributed by atoms with van der Waals surface area (Å²) < 4.78 is 29.6. The summed E-state index contributed by atoms with van der Waals surface area (Å²) in [6, 6.07) is -0.0614. The summed E-state index contributed by atoms with van der Waals surface area (Å²) in [6.07, 6.45) is 1.85. The highest BCUT2D eigenvalue weighted by molar-refractivity contribution is 7.89. The van der Waals surface area contributed by atoms with Gasteiger partial charge in [0.15, 0.2) is 0 Å². The zero-order valence-corrected chi connectivity index (χ0v) is 13.7. The van der Waals surface area contributed by atoms with Gasteiger partial charge in [-0.1, -0.05) is 0 Å². The van der Waals surface area contributed by atoms with Crippen LogP contribution in [0, 0.1) is 13.8 Å². The molecule has 1 aliphatic heterocycles. The Bertz CT molecular complexity index is 597. The fourth-order valence-corrected chi connectivity index (χ4v) is 4.60. The Labute approximate surface area is 126 Å². The summed E-state index contributed by atoms with van der Waals surface area (Å²) in [5, 5.41) is 13.2. The number of aliphatic hydroxyl groups is 1. The van der Waals surface area contributed by atoms with Gasteiger partial charge in [0.2, 0.25) is 10.0 Å². The summed E-state index contributed by atoms with van der Waals surface area (Å²) in [5.74, 6) is 0. The van der Waals surface area contributed by atoms with Gasteiger partial charge in [-0.05, 0) is 40.3 Å². The van der Waals surface area contributed by atoms with E-state index in [0.29, 0.717) is 17.9 Å². The van der Waals surface area contributed by atoms with E-state index in [1.807, 2.05) is 7.05 Å². The maximum atomic E-state index is 12.6. The Balaban J connectivity index is 2.23. The van der Waals surface area contributed by atoms with Gasteiger partial charge in [-0.2, -0.15) is 5.10 Å². The van der Waals surface area contributed by atoms with Gasteiger partial charge >= 0.3 is 0 Å². The van der Waals surface area contributed by atoms with Gasteiger partial charge in [-0.25, -0.2) is 13.1 Å².